The van der Waals surface area contributed by atoms with Crippen molar-refractivity contribution in [1.82, 2.24) is 4.98 Å². The van der Waals surface area contributed by atoms with Crippen molar-refractivity contribution in [3.8, 4) is 0 Å². The van der Waals surface area contributed by atoms with Crippen LogP contribution >= 0.6 is 11.8 Å². The number of rotatable bonds is 6. The minimum atomic E-state index is -0.270. The number of pyridine rings is 1. The van der Waals surface area contributed by atoms with Crippen molar-refractivity contribution < 1.29 is 9.59 Å². The lowest BCUT2D eigenvalue weighted by Gasteiger charge is -2.11. The van der Waals surface area contributed by atoms with Gasteiger partial charge in [-0.3, -0.25) is 9.59 Å². The number of hydrogen-bond donors (Lipinski definition) is 2. The van der Waals surface area contributed by atoms with Crippen LogP contribution in [0.5, 0.6) is 0 Å². The lowest BCUT2D eigenvalue weighted by molar-refractivity contribution is -0.113. The number of aromatic nitrogens is 1. The minimum absolute atomic E-state index is 0.193. The van der Waals surface area contributed by atoms with Crippen LogP contribution in [-0.2, 0) is 4.79 Å². The molecule has 3 aromatic rings. The number of amides is 2. The molecule has 2 aromatic carbocycles. The van der Waals surface area contributed by atoms with E-state index in [2.05, 4.69) is 15.6 Å². The van der Waals surface area contributed by atoms with Gasteiger partial charge in [-0.1, -0.05) is 42.1 Å². The number of carbonyl (C=O) groups is 2. The van der Waals surface area contributed by atoms with Crippen LogP contribution in [0.3, 0.4) is 0 Å². The predicted octanol–water partition coefficient (Wildman–Crippen LogP) is 4.37. The van der Waals surface area contributed by atoms with Crippen LogP contribution < -0.4 is 10.6 Å². The Balaban J connectivity index is 1.66. The van der Waals surface area contributed by atoms with Gasteiger partial charge < -0.3 is 10.6 Å². The van der Waals surface area contributed by atoms with Gasteiger partial charge in [-0.25, -0.2) is 4.98 Å². The smallest absolute Gasteiger partial charge is 0.257 e. The lowest BCUT2D eigenvalue weighted by Crippen LogP contribution is -2.19. The van der Waals surface area contributed by atoms with Gasteiger partial charge in [0.2, 0.25) is 5.91 Å². The maximum Gasteiger partial charge on any atom is 0.257 e. The quantitative estimate of drug-likeness (QED) is 0.626. The Labute approximate surface area is 162 Å². The molecule has 1 aromatic heterocycles. The molecule has 0 saturated heterocycles. The second-order valence-corrected chi connectivity index (χ2v) is 6.87. The zero-order valence-corrected chi connectivity index (χ0v) is 15.6. The first kappa shape index (κ1) is 18.7. The molecule has 0 atom stereocenters. The molecule has 6 heteroatoms. The lowest BCUT2D eigenvalue weighted by atomic mass is 10.1. The topological polar surface area (TPSA) is 71.1 Å². The fourth-order valence-corrected chi connectivity index (χ4v) is 3.13. The standard InChI is InChI=1S/C21H19N3O2S/c1-15-7-6-8-16(13-15)23-21(26)17-9-2-3-10-18(17)24-19(25)14-27-20-11-4-5-12-22-20/h2-13H,14H2,1H3,(H,23,26)(H,24,25). The summed E-state index contributed by atoms with van der Waals surface area (Å²) in [6.07, 6.45) is 1.69. The van der Waals surface area contributed by atoms with Gasteiger partial charge in [-0.2, -0.15) is 0 Å². The summed E-state index contributed by atoms with van der Waals surface area (Å²) < 4.78 is 0. The Bertz CT molecular complexity index is 945. The Morgan fingerprint density at radius 3 is 2.56 bits per heavy atom. The van der Waals surface area contributed by atoms with Gasteiger partial charge in [0.25, 0.3) is 5.91 Å². The molecule has 0 saturated carbocycles. The molecule has 2 amide bonds. The molecule has 2 N–H and O–H groups in total. The van der Waals surface area contributed by atoms with Gasteiger partial charge in [0.1, 0.15) is 0 Å². The molecule has 0 aliphatic rings. The molecule has 136 valence electrons. The van der Waals surface area contributed by atoms with Crippen LogP contribution in [0, 0.1) is 6.92 Å². The summed E-state index contributed by atoms with van der Waals surface area (Å²) in [7, 11) is 0. The molecule has 0 radical (unpaired) electrons. The van der Waals surface area contributed by atoms with Crippen LogP contribution in [-0.4, -0.2) is 22.6 Å². The number of anilines is 2. The highest BCUT2D eigenvalue weighted by Gasteiger charge is 2.13. The van der Waals surface area contributed by atoms with Gasteiger partial charge in [-0.15, -0.1) is 0 Å². The largest absolute Gasteiger partial charge is 0.325 e. The van der Waals surface area contributed by atoms with E-state index in [0.717, 1.165) is 10.6 Å². The molecular formula is C21H19N3O2S. The van der Waals surface area contributed by atoms with Gasteiger partial charge in [0.05, 0.1) is 22.0 Å². The van der Waals surface area contributed by atoms with E-state index in [-0.39, 0.29) is 17.6 Å². The maximum atomic E-state index is 12.6. The van der Waals surface area contributed by atoms with Crippen LogP contribution in [0.25, 0.3) is 0 Å². The summed E-state index contributed by atoms with van der Waals surface area (Å²) in [5, 5.41) is 6.45. The predicted molar refractivity (Wildman–Crippen MR) is 109 cm³/mol. The van der Waals surface area contributed by atoms with Crippen molar-refractivity contribution in [2.75, 3.05) is 16.4 Å². The van der Waals surface area contributed by atoms with Crippen molar-refractivity contribution >= 4 is 35.0 Å². The molecule has 0 aliphatic carbocycles. The van der Waals surface area contributed by atoms with E-state index < -0.39 is 0 Å². The van der Waals surface area contributed by atoms with E-state index in [9.17, 15) is 9.59 Å². The number of thioether (sulfide) groups is 1. The van der Waals surface area contributed by atoms with E-state index in [1.165, 1.54) is 11.8 Å². The van der Waals surface area contributed by atoms with E-state index >= 15 is 0 Å². The van der Waals surface area contributed by atoms with Crippen LogP contribution in [0.1, 0.15) is 15.9 Å². The van der Waals surface area contributed by atoms with Crippen LogP contribution in [0.15, 0.2) is 78.0 Å². The second kappa shape index (κ2) is 9.00. The zero-order chi connectivity index (χ0) is 19.1. The average Bonchev–Trinajstić information content (AvgIpc) is 2.67. The third kappa shape index (κ3) is 5.43. The number of aryl methyl sites for hydroxylation is 1. The van der Waals surface area contributed by atoms with Crippen molar-refractivity contribution in [3.05, 3.63) is 84.1 Å². The van der Waals surface area contributed by atoms with E-state index in [1.54, 1.807) is 30.5 Å². The highest BCUT2D eigenvalue weighted by Crippen LogP contribution is 2.19. The summed E-state index contributed by atoms with van der Waals surface area (Å²) >= 11 is 1.34. The van der Waals surface area contributed by atoms with Crippen molar-refractivity contribution in [1.29, 1.82) is 0 Å². The summed E-state index contributed by atoms with van der Waals surface area (Å²) in [4.78, 5) is 29.1. The van der Waals surface area contributed by atoms with Gasteiger partial charge in [0.15, 0.2) is 0 Å². The average molecular weight is 377 g/mol. The molecule has 1 heterocycles. The summed E-state index contributed by atoms with van der Waals surface area (Å²) in [5.41, 5.74) is 2.66. The molecule has 5 nitrogen and oxygen atoms in total. The Hall–Kier alpha value is -3.12. The highest BCUT2D eigenvalue weighted by atomic mass is 32.2. The molecule has 0 spiro atoms. The summed E-state index contributed by atoms with van der Waals surface area (Å²) in [6.45, 7) is 1.96. The number of para-hydroxylation sites is 1. The Kier molecular flexibility index (Phi) is 6.22. The van der Waals surface area contributed by atoms with Crippen molar-refractivity contribution in [2.24, 2.45) is 0 Å². The molecule has 0 unspecified atom stereocenters. The number of hydrogen-bond acceptors (Lipinski definition) is 4. The van der Waals surface area contributed by atoms with Gasteiger partial charge in [0, 0.05) is 11.9 Å². The molecule has 0 aliphatic heterocycles. The van der Waals surface area contributed by atoms with Gasteiger partial charge >= 0.3 is 0 Å². The number of benzene rings is 2. The molecule has 0 bridgehead atoms. The fraction of sp³-hybridized carbons (Fsp3) is 0.0952. The molecule has 0 fully saturated rings. The van der Waals surface area contributed by atoms with E-state index in [1.807, 2.05) is 49.4 Å². The van der Waals surface area contributed by atoms with Gasteiger partial charge in [-0.05, 0) is 48.9 Å². The number of nitrogens with one attached hydrogen (secondary N) is 2. The van der Waals surface area contributed by atoms with Crippen molar-refractivity contribution in [2.45, 2.75) is 11.9 Å². The fourth-order valence-electron chi connectivity index (χ4n) is 2.47. The first-order valence-corrected chi connectivity index (χ1v) is 9.41. The van der Waals surface area contributed by atoms with Crippen LogP contribution in [0.4, 0.5) is 11.4 Å². The summed E-state index contributed by atoms with van der Waals surface area (Å²) in [6, 6.07) is 20.1. The SMILES string of the molecule is Cc1cccc(NC(=O)c2ccccc2NC(=O)CSc2ccccn2)c1. The first-order valence-electron chi connectivity index (χ1n) is 8.42. The number of nitrogens with zero attached hydrogens (tertiary/aromatic N) is 1. The van der Waals surface area contributed by atoms with E-state index in [0.29, 0.717) is 16.9 Å². The minimum Gasteiger partial charge on any atom is -0.325 e. The number of carbonyl (C=O) groups excluding carboxylic acids is 2. The zero-order valence-electron chi connectivity index (χ0n) is 14.8. The normalized spacial score (nSPS) is 10.3. The van der Waals surface area contributed by atoms with E-state index in [4.69, 9.17) is 0 Å². The molecule has 27 heavy (non-hydrogen) atoms. The third-order valence-electron chi connectivity index (χ3n) is 3.71. The highest BCUT2D eigenvalue weighted by molar-refractivity contribution is 7.99. The first-order chi connectivity index (χ1) is 13.1. The van der Waals surface area contributed by atoms with Crippen LogP contribution in [0.2, 0.25) is 0 Å². The molecular weight excluding hydrogens is 358 g/mol. The Morgan fingerprint density at radius 1 is 0.963 bits per heavy atom. The summed E-state index contributed by atoms with van der Waals surface area (Å²) in [5.74, 6) is -0.250. The van der Waals surface area contributed by atoms with Crippen molar-refractivity contribution in [3.63, 3.8) is 0 Å². The maximum absolute atomic E-state index is 12.6. The monoisotopic (exact) mass is 377 g/mol. The third-order valence-corrected chi connectivity index (χ3v) is 4.65. The molecule has 3 rings (SSSR count). The Morgan fingerprint density at radius 2 is 1.78 bits per heavy atom. The second-order valence-electron chi connectivity index (χ2n) is 5.87.